The van der Waals surface area contributed by atoms with E-state index in [0.717, 1.165) is 37.6 Å². The summed E-state index contributed by atoms with van der Waals surface area (Å²) in [5.74, 6) is -0.781. The van der Waals surface area contributed by atoms with Crippen molar-refractivity contribution in [2.45, 2.75) is 19.3 Å². The number of nitrogens with one attached hydrogen (secondary N) is 1. The monoisotopic (exact) mass is 291 g/mol. The van der Waals surface area contributed by atoms with Crippen LogP contribution in [-0.2, 0) is 6.42 Å². The molecule has 1 N–H and O–H groups in total. The summed E-state index contributed by atoms with van der Waals surface area (Å²) >= 11 is 0. The van der Waals surface area contributed by atoms with Gasteiger partial charge in [0, 0.05) is 12.2 Å². The Hall–Kier alpha value is -2.10. The largest absolute Gasteiger partial charge is 0.497 e. The van der Waals surface area contributed by atoms with Crippen LogP contribution < -0.4 is 10.1 Å². The molecule has 21 heavy (non-hydrogen) atoms. The molecule has 0 saturated heterocycles. The van der Waals surface area contributed by atoms with Crippen molar-refractivity contribution in [3.05, 3.63) is 59.7 Å². The molecule has 0 radical (unpaired) electrons. The molecule has 0 saturated carbocycles. The Labute approximate surface area is 123 Å². The summed E-state index contributed by atoms with van der Waals surface area (Å²) in [6.45, 7) is 0.737. The summed E-state index contributed by atoms with van der Waals surface area (Å²) < 4.78 is 30.9. The van der Waals surface area contributed by atoms with Crippen molar-refractivity contribution >= 4 is 5.69 Å². The summed E-state index contributed by atoms with van der Waals surface area (Å²) in [7, 11) is 1.65. The Kier molecular flexibility index (Phi) is 5.55. The van der Waals surface area contributed by atoms with Crippen LogP contribution >= 0.6 is 0 Å². The maximum atomic E-state index is 13.0. The second-order valence-electron chi connectivity index (χ2n) is 4.86. The third-order valence-corrected chi connectivity index (χ3v) is 3.30. The van der Waals surface area contributed by atoms with Crippen molar-refractivity contribution in [3.8, 4) is 5.75 Å². The number of methoxy groups -OCH3 is 1. The molecule has 2 rings (SSSR count). The van der Waals surface area contributed by atoms with Crippen LogP contribution in [-0.4, -0.2) is 13.7 Å². The topological polar surface area (TPSA) is 21.3 Å². The highest BCUT2D eigenvalue weighted by Crippen LogP contribution is 2.15. The normalized spacial score (nSPS) is 10.4. The highest BCUT2D eigenvalue weighted by molar-refractivity contribution is 5.43. The smallest absolute Gasteiger partial charge is 0.160 e. The lowest BCUT2D eigenvalue weighted by Crippen LogP contribution is -2.02. The summed E-state index contributed by atoms with van der Waals surface area (Å²) in [5, 5.41) is 3.09. The van der Waals surface area contributed by atoms with E-state index in [2.05, 4.69) is 17.4 Å². The number of ether oxygens (including phenoxy) is 1. The summed E-state index contributed by atoms with van der Waals surface area (Å²) in [5.41, 5.74) is 1.88. The second-order valence-corrected chi connectivity index (χ2v) is 4.86. The SMILES string of the molecule is COc1ccc(CCCCNc2ccc(F)c(F)c2)cc1. The summed E-state index contributed by atoms with van der Waals surface area (Å²) in [6.07, 6.45) is 2.98. The third kappa shape index (κ3) is 4.74. The first-order valence-corrected chi connectivity index (χ1v) is 7.01. The van der Waals surface area contributed by atoms with Crippen molar-refractivity contribution < 1.29 is 13.5 Å². The molecular weight excluding hydrogens is 272 g/mol. The number of rotatable bonds is 7. The number of hydrogen-bond acceptors (Lipinski definition) is 2. The first kappa shape index (κ1) is 15.3. The van der Waals surface area contributed by atoms with Crippen molar-refractivity contribution in [3.63, 3.8) is 0 Å². The molecule has 2 aromatic carbocycles. The molecule has 0 aliphatic carbocycles. The van der Waals surface area contributed by atoms with E-state index in [9.17, 15) is 8.78 Å². The Bertz CT molecular complexity index is 570. The van der Waals surface area contributed by atoms with Gasteiger partial charge in [0.05, 0.1) is 7.11 Å². The predicted molar refractivity (Wildman–Crippen MR) is 80.8 cm³/mol. The standard InChI is InChI=1S/C17H19F2NO/c1-21-15-8-5-13(6-9-15)4-2-3-11-20-14-7-10-16(18)17(19)12-14/h5-10,12,20H,2-4,11H2,1H3. The van der Waals surface area contributed by atoms with Gasteiger partial charge in [0.15, 0.2) is 11.6 Å². The van der Waals surface area contributed by atoms with Gasteiger partial charge in [-0.25, -0.2) is 8.78 Å². The molecule has 0 aliphatic rings. The minimum absolute atomic E-state index is 0.610. The number of anilines is 1. The van der Waals surface area contributed by atoms with Gasteiger partial charge in [-0.1, -0.05) is 12.1 Å². The number of halogens is 2. The number of benzene rings is 2. The van der Waals surface area contributed by atoms with Crippen LogP contribution in [0.1, 0.15) is 18.4 Å². The zero-order valence-electron chi connectivity index (χ0n) is 12.0. The van der Waals surface area contributed by atoms with Crippen molar-refractivity contribution in [1.29, 1.82) is 0 Å². The van der Waals surface area contributed by atoms with Gasteiger partial charge in [-0.15, -0.1) is 0 Å². The molecule has 0 atom stereocenters. The highest BCUT2D eigenvalue weighted by Gasteiger charge is 2.01. The lowest BCUT2D eigenvalue weighted by Gasteiger charge is -2.07. The van der Waals surface area contributed by atoms with Crippen LogP contribution in [0.15, 0.2) is 42.5 Å². The minimum Gasteiger partial charge on any atom is -0.497 e. The maximum Gasteiger partial charge on any atom is 0.160 e. The maximum absolute atomic E-state index is 13.0. The van der Waals surface area contributed by atoms with E-state index in [1.165, 1.54) is 11.6 Å². The molecule has 0 heterocycles. The molecule has 0 fully saturated rings. The van der Waals surface area contributed by atoms with Crippen LogP contribution in [0.25, 0.3) is 0 Å². The zero-order chi connectivity index (χ0) is 15.1. The summed E-state index contributed by atoms with van der Waals surface area (Å²) in [4.78, 5) is 0. The van der Waals surface area contributed by atoms with Crippen LogP contribution in [0.3, 0.4) is 0 Å². The van der Waals surface area contributed by atoms with Gasteiger partial charge < -0.3 is 10.1 Å². The fraction of sp³-hybridized carbons (Fsp3) is 0.294. The van der Waals surface area contributed by atoms with E-state index in [-0.39, 0.29) is 0 Å². The molecule has 0 aliphatic heterocycles. The molecule has 0 aromatic heterocycles. The summed E-state index contributed by atoms with van der Waals surface area (Å²) in [6, 6.07) is 11.9. The quantitative estimate of drug-likeness (QED) is 0.763. The molecule has 0 bridgehead atoms. The van der Waals surface area contributed by atoms with Crippen LogP contribution in [0.4, 0.5) is 14.5 Å². The third-order valence-electron chi connectivity index (χ3n) is 3.30. The molecular formula is C17H19F2NO. The van der Waals surface area contributed by atoms with Crippen molar-refractivity contribution in [1.82, 2.24) is 0 Å². The van der Waals surface area contributed by atoms with Crippen LogP contribution in [0.5, 0.6) is 5.75 Å². The minimum atomic E-state index is -0.821. The number of unbranched alkanes of at least 4 members (excludes halogenated alkanes) is 1. The second kappa shape index (κ2) is 7.62. The molecule has 2 nitrogen and oxygen atoms in total. The number of aryl methyl sites for hydroxylation is 1. The molecule has 0 amide bonds. The van der Waals surface area contributed by atoms with E-state index in [1.807, 2.05) is 12.1 Å². The lowest BCUT2D eigenvalue weighted by molar-refractivity contribution is 0.414. The van der Waals surface area contributed by atoms with Gasteiger partial charge in [0.2, 0.25) is 0 Å². The first-order chi connectivity index (χ1) is 10.2. The highest BCUT2D eigenvalue weighted by atomic mass is 19.2. The first-order valence-electron chi connectivity index (χ1n) is 7.01. The molecule has 112 valence electrons. The van der Waals surface area contributed by atoms with Crippen LogP contribution in [0.2, 0.25) is 0 Å². The Morgan fingerprint density at radius 1 is 0.952 bits per heavy atom. The van der Waals surface area contributed by atoms with E-state index < -0.39 is 11.6 Å². The number of hydrogen-bond donors (Lipinski definition) is 1. The van der Waals surface area contributed by atoms with Gasteiger partial charge in [-0.3, -0.25) is 0 Å². The fourth-order valence-electron chi connectivity index (χ4n) is 2.09. The molecule has 2 aromatic rings. The molecule has 4 heteroatoms. The van der Waals surface area contributed by atoms with E-state index >= 15 is 0 Å². The molecule has 0 spiro atoms. The average Bonchev–Trinajstić information content (AvgIpc) is 2.51. The Balaban J connectivity index is 1.68. The van der Waals surface area contributed by atoms with E-state index in [1.54, 1.807) is 13.2 Å². The predicted octanol–water partition coefficient (Wildman–Crippen LogP) is 4.41. The van der Waals surface area contributed by atoms with Crippen molar-refractivity contribution in [2.24, 2.45) is 0 Å². The van der Waals surface area contributed by atoms with E-state index in [4.69, 9.17) is 4.74 Å². The average molecular weight is 291 g/mol. The fourth-order valence-corrected chi connectivity index (χ4v) is 2.09. The zero-order valence-corrected chi connectivity index (χ0v) is 12.0. The van der Waals surface area contributed by atoms with Gasteiger partial charge in [-0.2, -0.15) is 0 Å². The van der Waals surface area contributed by atoms with Gasteiger partial charge in [0.1, 0.15) is 5.75 Å². The lowest BCUT2D eigenvalue weighted by atomic mass is 10.1. The Morgan fingerprint density at radius 3 is 2.38 bits per heavy atom. The van der Waals surface area contributed by atoms with Crippen molar-refractivity contribution in [2.75, 3.05) is 19.0 Å². The van der Waals surface area contributed by atoms with Gasteiger partial charge in [0.25, 0.3) is 0 Å². The van der Waals surface area contributed by atoms with Crippen LogP contribution in [0, 0.1) is 11.6 Å². The van der Waals surface area contributed by atoms with Gasteiger partial charge >= 0.3 is 0 Å². The molecule has 0 unspecified atom stereocenters. The Morgan fingerprint density at radius 2 is 1.71 bits per heavy atom. The van der Waals surface area contributed by atoms with Gasteiger partial charge in [-0.05, 0) is 55.2 Å². The van der Waals surface area contributed by atoms with E-state index in [0.29, 0.717) is 5.69 Å².